The zero-order valence-electron chi connectivity index (χ0n) is 8.86. The van der Waals surface area contributed by atoms with Gasteiger partial charge in [-0.25, -0.2) is 0 Å². The molecule has 2 saturated carbocycles. The number of nitrogens with zero attached hydrogens (tertiary/aromatic N) is 1. The van der Waals surface area contributed by atoms with Crippen LogP contribution in [0.25, 0.3) is 0 Å². The quantitative estimate of drug-likeness (QED) is 0.724. The van der Waals surface area contributed by atoms with Gasteiger partial charge in [0, 0.05) is 19.1 Å². The van der Waals surface area contributed by atoms with Gasteiger partial charge in [0.25, 0.3) is 0 Å². The number of piperidine rings is 1. The van der Waals surface area contributed by atoms with E-state index >= 15 is 0 Å². The maximum absolute atomic E-state index is 9.43. The van der Waals surface area contributed by atoms with Crippen LogP contribution in [-0.2, 0) is 0 Å². The minimum atomic E-state index is -0.00727. The van der Waals surface area contributed by atoms with Gasteiger partial charge in [-0.2, -0.15) is 0 Å². The van der Waals surface area contributed by atoms with Crippen LogP contribution in [0.1, 0.15) is 38.5 Å². The van der Waals surface area contributed by atoms with Gasteiger partial charge in [-0.3, -0.25) is 4.90 Å². The highest BCUT2D eigenvalue weighted by Gasteiger charge is 2.48. The van der Waals surface area contributed by atoms with E-state index in [0.29, 0.717) is 0 Å². The molecule has 80 valence electrons. The van der Waals surface area contributed by atoms with Gasteiger partial charge in [0.1, 0.15) is 0 Å². The zero-order chi connectivity index (χ0) is 9.54. The SMILES string of the molecule is OC1CCN(C2CC2C2CCC2)CC1. The van der Waals surface area contributed by atoms with Crippen molar-refractivity contribution in [1.82, 2.24) is 4.90 Å². The van der Waals surface area contributed by atoms with Crippen LogP contribution in [0.5, 0.6) is 0 Å². The summed E-state index contributed by atoms with van der Waals surface area (Å²) >= 11 is 0. The molecule has 0 aromatic carbocycles. The number of rotatable bonds is 2. The summed E-state index contributed by atoms with van der Waals surface area (Å²) < 4.78 is 0. The van der Waals surface area contributed by atoms with E-state index in [0.717, 1.165) is 43.8 Å². The van der Waals surface area contributed by atoms with E-state index in [-0.39, 0.29) is 6.10 Å². The van der Waals surface area contributed by atoms with Crippen molar-refractivity contribution in [2.45, 2.75) is 50.7 Å². The normalized spacial score (nSPS) is 40.9. The van der Waals surface area contributed by atoms with Gasteiger partial charge < -0.3 is 5.11 Å². The number of hydrogen-bond donors (Lipinski definition) is 1. The molecule has 0 bridgehead atoms. The Hall–Kier alpha value is -0.0800. The number of likely N-dealkylation sites (tertiary alicyclic amines) is 1. The maximum Gasteiger partial charge on any atom is 0.0564 e. The molecule has 2 heteroatoms. The second-order valence-electron chi connectivity index (χ2n) is 5.43. The number of aliphatic hydroxyl groups excluding tert-OH is 1. The average molecular weight is 195 g/mol. The first-order valence-electron chi connectivity index (χ1n) is 6.27. The van der Waals surface area contributed by atoms with Crippen LogP contribution in [0.15, 0.2) is 0 Å². The molecule has 1 heterocycles. The predicted molar refractivity (Wildman–Crippen MR) is 56.0 cm³/mol. The summed E-state index contributed by atoms with van der Waals surface area (Å²) in [7, 11) is 0. The van der Waals surface area contributed by atoms with Crippen LogP contribution in [-0.4, -0.2) is 35.2 Å². The summed E-state index contributed by atoms with van der Waals surface area (Å²) in [5.41, 5.74) is 0. The minimum absolute atomic E-state index is 0.00727. The Morgan fingerprint density at radius 3 is 2.29 bits per heavy atom. The average Bonchev–Trinajstić information content (AvgIpc) is 2.83. The Bertz CT molecular complexity index is 206. The molecule has 2 aliphatic carbocycles. The molecule has 3 rings (SSSR count). The lowest BCUT2D eigenvalue weighted by atomic mass is 9.81. The summed E-state index contributed by atoms with van der Waals surface area (Å²) in [6, 6.07) is 0.910. The van der Waals surface area contributed by atoms with E-state index in [2.05, 4.69) is 4.90 Å². The molecule has 2 unspecified atom stereocenters. The molecule has 0 aromatic rings. The lowest BCUT2D eigenvalue weighted by Crippen LogP contribution is -2.38. The molecular formula is C12H21NO. The summed E-state index contributed by atoms with van der Waals surface area (Å²) in [6.45, 7) is 2.30. The first kappa shape index (κ1) is 9.17. The van der Waals surface area contributed by atoms with E-state index in [1.807, 2.05) is 0 Å². The third kappa shape index (κ3) is 1.59. The zero-order valence-corrected chi connectivity index (χ0v) is 8.86. The molecule has 1 aliphatic heterocycles. The molecule has 3 fully saturated rings. The van der Waals surface area contributed by atoms with Crippen molar-refractivity contribution in [3.8, 4) is 0 Å². The summed E-state index contributed by atoms with van der Waals surface area (Å²) in [6.07, 6.45) is 7.94. The third-order valence-electron chi connectivity index (χ3n) is 4.53. The number of aliphatic hydroxyl groups is 1. The van der Waals surface area contributed by atoms with Crippen LogP contribution in [0.2, 0.25) is 0 Å². The topological polar surface area (TPSA) is 23.5 Å². The molecule has 0 aromatic heterocycles. The molecule has 0 spiro atoms. The van der Waals surface area contributed by atoms with Crippen molar-refractivity contribution in [3.05, 3.63) is 0 Å². The van der Waals surface area contributed by atoms with Crippen LogP contribution in [0, 0.1) is 11.8 Å². The van der Waals surface area contributed by atoms with Crippen molar-refractivity contribution >= 4 is 0 Å². The predicted octanol–water partition coefficient (Wildman–Crippen LogP) is 1.63. The lowest BCUT2D eigenvalue weighted by Gasteiger charge is -2.32. The monoisotopic (exact) mass is 195 g/mol. The van der Waals surface area contributed by atoms with Gasteiger partial charge in [-0.1, -0.05) is 19.3 Å². The number of hydrogen-bond acceptors (Lipinski definition) is 2. The largest absolute Gasteiger partial charge is 0.393 e. The molecule has 0 radical (unpaired) electrons. The highest BCUT2D eigenvalue weighted by Crippen LogP contribution is 2.49. The molecule has 14 heavy (non-hydrogen) atoms. The van der Waals surface area contributed by atoms with Gasteiger partial charge in [0.2, 0.25) is 0 Å². The molecule has 3 aliphatic rings. The second-order valence-corrected chi connectivity index (χ2v) is 5.43. The summed E-state index contributed by atoms with van der Waals surface area (Å²) in [5.74, 6) is 2.12. The smallest absolute Gasteiger partial charge is 0.0564 e. The second kappa shape index (κ2) is 3.49. The van der Waals surface area contributed by atoms with Crippen LogP contribution in [0.4, 0.5) is 0 Å². The van der Waals surface area contributed by atoms with Gasteiger partial charge in [-0.15, -0.1) is 0 Å². The fourth-order valence-electron chi connectivity index (χ4n) is 3.21. The van der Waals surface area contributed by atoms with Crippen molar-refractivity contribution in [2.75, 3.05) is 13.1 Å². The molecule has 1 N–H and O–H groups in total. The Kier molecular flexibility index (Phi) is 2.29. The van der Waals surface area contributed by atoms with Crippen molar-refractivity contribution in [2.24, 2.45) is 11.8 Å². The Morgan fingerprint density at radius 2 is 1.71 bits per heavy atom. The Morgan fingerprint density at radius 1 is 1.00 bits per heavy atom. The standard InChI is InChI=1S/C12H21NO/c14-10-4-6-13(7-5-10)12-8-11(12)9-2-1-3-9/h9-12,14H,1-8H2. The van der Waals surface area contributed by atoms with Gasteiger partial charge in [-0.05, 0) is 31.1 Å². The van der Waals surface area contributed by atoms with Gasteiger partial charge in [0.05, 0.1) is 6.10 Å². The summed E-state index contributed by atoms with van der Waals surface area (Å²) in [4.78, 5) is 2.63. The Labute approximate surface area is 86.3 Å². The molecule has 1 saturated heterocycles. The first-order chi connectivity index (χ1) is 6.84. The third-order valence-corrected chi connectivity index (χ3v) is 4.53. The van der Waals surface area contributed by atoms with Crippen LogP contribution >= 0.6 is 0 Å². The van der Waals surface area contributed by atoms with E-state index in [1.54, 1.807) is 0 Å². The molecular weight excluding hydrogens is 174 g/mol. The molecule has 0 amide bonds. The fourth-order valence-corrected chi connectivity index (χ4v) is 3.21. The van der Waals surface area contributed by atoms with Crippen molar-refractivity contribution < 1.29 is 5.11 Å². The highest BCUT2D eigenvalue weighted by molar-refractivity contribution is 5.01. The van der Waals surface area contributed by atoms with Crippen molar-refractivity contribution in [1.29, 1.82) is 0 Å². The van der Waals surface area contributed by atoms with E-state index < -0.39 is 0 Å². The van der Waals surface area contributed by atoms with E-state index in [9.17, 15) is 5.11 Å². The molecule has 2 nitrogen and oxygen atoms in total. The van der Waals surface area contributed by atoms with E-state index in [4.69, 9.17) is 0 Å². The van der Waals surface area contributed by atoms with Crippen LogP contribution in [0.3, 0.4) is 0 Å². The highest BCUT2D eigenvalue weighted by atomic mass is 16.3. The Balaban J connectivity index is 1.48. The van der Waals surface area contributed by atoms with Crippen LogP contribution < -0.4 is 0 Å². The van der Waals surface area contributed by atoms with Crippen molar-refractivity contribution in [3.63, 3.8) is 0 Å². The maximum atomic E-state index is 9.43. The minimum Gasteiger partial charge on any atom is -0.393 e. The lowest BCUT2D eigenvalue weighted by molar-refractivity contribution is 0.0726. The first-order valence-corrected chi connectivity index (χ1v) is 6.27. The van der Waals surface area contributed by atoms with Gasteiger partial charge in [0.15, 0.2) is 0 Å². The van der Waals surface area contributed by atoms with Gasteiger partial charge >= 0.3 is 0 Å². The fraction of sp³-hybridized carbons (Fsp3) is 1.00. The summed E-state index contributed by atoms with van der Waals surface area (Å²) in [5, 5.41) is 9.43. The van der Waals surface area contributed by atoms with E-state index in [1.165, 1.54) is 25.7 Å². The molecule has 2 atom stereocenters.